The third-order valence-corrected chi connectivity index (χ3v) is 7.25. The SMILES string of the molecule is CCc1nc(NCC2(C(F)(F)F)CC(C)(c3cccc4c3OCC4)O2)c2cnn(-c3ccc(F)cc3)c2n1. The fraction of sp³-hybridized carbons (Fsp3) is 0.370. The molecular weight excluding hydrogens is 502 g/mol. The van der Waals surface area contributed by atoms with E-state index in [9.17, 15) is 17.6 Å². The third-order valence-electron chi connectivity index (χ3n) is 7.25. The number of alkyl halides is 3. The van der Waals surface area contributed by atoms with E-state index in [4.69, 9.17) is 9.47 Å². The molecule has 7 nitrogen and oxygen atoms in total. The van der Waals surface area contributed by atoms with Gasteiger partial charge < -0.3 is 14.8 Å². The summed E-state index contributed by atoms with van der Waals surface area (Å²) in [7, 11) is 0. The maximum atomic E-state index is 14.4. The number of nitrogens with zero attached hydrogens (tertiary/aromatic N) is 4. The van der Waals surface area contributed by atoms with Crippen molar-refractivity contribution >= 4 is 16.9 Å². The lowest BCUT2D eigenvalue weighted by Crippen LogP contribution is -2.67. The second-order valence-corrected chi connectivity index (χ2v) is 9.86. The molecule has 6 rings (SSSR count). The Morgan fingerprint density at radius 3 is 2.58 bits per heavy atom. The van der Waals surface area contributed by atoms with Gasteiger partial charge in [-0.1, -0.05) is 25.1 Å². The van der Waals surface area contributed by atoms with Gasteiger partial charge in [-0.05, 0) is 36.8 Å². The highest BCUT2D eigenvalue weighted by atomic mass is 19.4. The van der Waals surface area contributed by atoms with Crippen LogP contribution >= 0.6 is 0 Å². The Morgan fingerprint density at radius 2 is 1.87 bits per heavy atom. The Bertz CT molecular complexity index is 1510. The fourth-order valence-corrected chi connectivity index (χ4v) is 5.35. The summed E-state index contributed by atoms with van der Waals surface area (Å²) >= 11 is 0. The minimum Gasteiger partial charge on any atom is -0.493 e. The van der Waals surface area contributed by atoms with Crippen LogP contribution in [0.4, 0.5) is 23.4 Å². The van der Waals surface area contributed by atoms with Crippen molar-refractivity contribution in [1.29, 1.82) is 0 Å². The summed E-state index contributed by atoms with van der Waals surface area (Å²) in [5.41, 5.74) is -0.983. The summed E-state index contributed by atoms with van der Waals surface area (Å²) in [5.74, 6) is 0.886. The number of hydrogen-bond donors (Lipinski definition) is 1. The predicted molar refractivity (Wildman–Crippen MR) is 132 cm³/mol. The van der Waals surface area contributed by atoms with Gasteiger partial charge in [-0.2, -0.15) is 18.3 Å². The molecule has 2 atom stereocenters. The van der Waals surface area contributed by atoms with Gasteiger partial charge >= 0.3 is 6.18 Å². The fourth-order valence-electron chi connectivity index (χ4n) is 5.35. The van der Waals surface area contributed by atoms with Crippen molar-refractivity contribution in [2.75, 3.05) is 18.5 Å². The predicted octanol–water partition coefficient (Wildman–Crippen LogP) is 5.50. The Labute approximate surface area is 215 Å². The van der Waals surface area contributed by atoms with Crippen LogP contribution in [0.15, 0.2) is 48.7 Å². The molecule has 1 saturated heterocycles. The molecule has 0 amide bonds. The van der Waals surface area contributed by atoms with Gasteiger partial charge in [0.15, 0.2) is 11.2 Å². The molecule has 2 aliphatic heterocycles. The van der Waals surface area contributed by atoms with E-state index in [0.717, 1.165) is 12.0 Å². The van der Waals surface area contributed by atoms with Crippen molar-refractivity contribution in [3.63, 3.8) is 0 Å². The molecular formula is C27H25F4N5O2. The van der Waals surface area contributed by atoms with Crippen molar-refractivity contribution in [1.82, 2.24) is 19.7 Å². The molecule has 4 heterocycles. The Kier molecular flexibility index (Phi) is 5.60. The first kappa shape index (κ1) is 24.6. The third kappa shape index (κ3) is 3.87. The number of para-hydroxylation sites is 1. The Morgan fingerprint density at radius 1 is 1.11 bits per heavy atom. The van der Waals surface area contributed by atoms with E-state index in [0.29, 0.717) is 46.9 Å². The van der Waals surface area contributed by atoms with Crippen LogP contribution in [0.5, 0.6) is 5.75 Å². The number of ether oxygens (including phenoxy) is 2. The van der Waals surface area contributed by atoms with E-state index < -0.39 is 29.7 Å². The average molecular weight is 528 g/mol. The number of halogens is 4. The van der Waals surface area contributed by atoms with Gasteiger partial charge in [-0.3, -0.25) is 0 Å². The molecule has 198 valence electrons. The highest BCUT2D eigenvalue weighted by Gasteiger charge is 2.68. The van der Waals surface area contributed by atoms with Gasteiger partial charge in [-0.15, -0.1) is 0 Å². The molecule has 0 spiro atoms. The quantitative estimate of drug-likeness (QED) is 0.334. The molecule has 0 aliphatic carbocycles. The molecule has 2 aromatic heterocycles. The maximum Gasteiger partial charge on any atom is 0.419 e. The lowest BCUT2D eigenvalue weighted by molar-refractivity contribution is -0.380. The molecule has 38 heavy (non-hydrogen) atoms. The lowest BCUT2D eigenvalue weighted by Gasteiger charge is -2.55. The van der Waals surface area contributed by atoms with Gasteiger partial charge in [-0.25, -0.2) is 19.0 Å². The molecule has 2 aliphatic rings. The largest absolute Gasteiger partial charge is 0.493 e. The van der Waals surface area contributed by atoms with Crippen LogP contribution in [-0.4, -0.2) is 44.7 Å². The highest BCUT2D eigenvalue weighted by molar-refractivity contribution is 5.87. The van der Waals surface area contributed by atoms with Crippen LogP contribution in [-0.2, 0) is 23.2 Å². The highest BCUT2D eigenvalue weighted by Crippen LogP contribution is 2.57. The summed E-state index contributed by atoms with van der Waals surface area (Å²) < 4.78 is 69.8. The zero-order valence-corrected chi connectivity index (χ0v) is 20.8. The second kappa shape index (κ2) is 8.65. The van der Waals surface area contributed by atoms with Crippen LogP contribution in [0.3, 0.4) is 0 Å². The Balaban J connectivity index is 1.31. The second-order valence-electron chi connectivity index (χ2n) is 9.86. The number of aromatic nitrogens is 4. The molecule has 4 aromatic rings. The first-order valence-electron chi connectivity index (χ1n) is 12.4. The lowest BCUT2D eigenvalue weighted by atomic mass is 9.74. The number of nitrogens with one attached hydrogen (secondary N) is 1. The molecule has 1 N–H and O–H groups in total. The summed E-state index contributed by atoms with van der Waals surface area (Å²) in [6.07, 6.45) is -2.24. The van der Waals surface area contributed by atoms with E-state index in [-0.39, 0.29) is 12.2 Å². The van der Waals surface area contributed by atoms with Crippen molar-refractivity contribution < 1.29 is 27.0 Å². The van der Waals surface area contributed by atoms with Crippen LogP contribution in [0.2, 0.25) is 0 Å². The van der Waals surface area contributed by atoms with Crippen molar-refractivity contribution in [2.45, 2.75) is 50.5 Å². The topological polar surface area (TPSA) is 74.1 Å². The summed E-state index contributed by atoms with van der Waals surface area (Å²) in [6.45, 7) is 3.48. The standard InChI is InChI=1S/C27H25F4N5O2/c1-3-21-34-23(19-13-33-36(24(19)35-21)18-9-7-17(28)8-10-18)32-15-26(27(29,30)31)14-25(2,38-26)20-6-4-5-16-11-12-37-22(16)20/h4-10,13H,3,11-12,14-15H2,1-2H3,(H,32,34,35). The number of benzene rings is 2. The zero-order valence-electron chi connectivity index (χ0n) is 20.8. The van der Waals surface area contributed by atoms with Gasteiger partial charge in [0.25, 0.3) is 0 Å². The monoisotopic (exact) mass is 527 g/mol. The minimum atomic E-state index is -4.63. The van der Waals surface area contributed by atoms with Crippen LogP contribution in [0.1, 0.15) is 37.2 Å². The zero-order chi connectivity index (χ0) is 26.7. The minimum absolute atomic E-state index is 0.227. The molecule has 0 saturated carbocycles. The summed E-state index contributed by atoms with van der Waals surface area (Å²) in [5, 5.41) is 7.67. The summed E-state index contributed by atoms with van der Waals surface area (Å²) in [6, 6.07) is 11.2. The van der Waals surface area contributed by atoms with Crippen LogP contribution < -0.4 is 10.1 Å². The number of anilines is 1. The molecule has 2 unspecified atom stereocenters. The van der Waals surface area contributed by atoms with Gasteiger partial charge in [0.05, 0.1) is 36.0 Å². The average Bonchev–Trinajstić information content (AvgIpc) is 3.52. The molecule has 0 bridgehead atoms. The van der Waals surface area contributed by atoms with E-state index in [1.54, 1.807) is 25.1 Å². The first-order chi connectivity index (χ1) is 18.1. The molecule has 1 fully saturated rings. The first-order valence-corrected chi connectivity index (χ1v) is 12.4. The maximum absolute atomic E-state index is 14.4. The normalized spacial score (nSPS) is 22.7. The smallest absolute Gasteiger partial charge is 0.419 e. The van der Waals surface area contributed by atoms with Crippen LogP contribution in [0.25, 0.3) is 16.7 Å². The van der Waals surface area contributed by atoms with E-state index in [1.807, 2.05) is 19.1 Å². The molecule has 2 aromatic carbocycles. The van der Waals surface area contributed by atoms with Crippen molar-refractivity contribution in [3.8, 4) is 11.4 Å². The Hall–Kier alpha value is -3.73. The summed E-state index contributed by atoms with van der Waals surface area (Å²) in [4.78, 5) is 8.97. The van der Waals surface area contributed by atoms with Crippen LogP contribution in [0, 0.1) is 5.82 Å². The molecule has 11 heteroatoms. The van der Waals surface area contributed by atoms with E-state index in [1.165, 1.54) is 23.0 Å². The van der Waals surface area contributed by atoms with E-state index in [2.05, 4.69) is 20.4 Å². The number of hydrogen-bond acceptors (Lipinski definition) is 6. The molecule has 0 radical (unpaired) electrons. The number of fused-ring (bicyclic) bond motifs is 2. The van der Waals surface area contributed by atoms with Crippen molar-refractivity contribution in [3.05, 3.63) is 71.4 Å². The van der Waals surface area contributed by atoms with Gasteiger partial charge in [0.1, 0.15) is 23.2 Å². The van der Waals surface area contributed by atoms with Gasteiger partial charge in [0, 0.05) is 24.8 Å². The van der Waals surface area contributed by atoms with Crippen molar-refractivity contribution in [2.24, 2.45) is 0 Å². The number of rotatable bonds is 6. The van der Waals surface area contributed by atoms with E-state index >= 15 is 0 Å². The number of aryl methyl sites for hydroxylation is 1. The van der Waals surface area contributed by atoms with Gasteiger partial charge in [0.2, 0.25) is 0 Å².